The summed E-state index contributed by atoms with van der Waals surface area (Å²) in [6, 6.07) is 10.2. The molecule has 0 spiro atoms. The molecule has 1 aromatic carbocycles. The van der Waals surface area contributed by atoms with Crippen molar-refractivity contribution in [2.45, 2.75) is 37.6 Å². The number of benzene rings is 1. The highest BCUT2D eigenvalue weighted by molar-refractivity contribution is 9.10. The molecule has 1 amide bonds. The van der Waals surface area contributed by atoms with E-state index in [4.69, 9.17) is 0 Å². The van der Waals surface area contributed by atoms with Gasteiger partial charge in [-0.05, 0) is 18.4 Å². The van der Waals surface area contributed by atoms with Gasteiger partial charge in [0.15, 0.2) is 0 Å². The number of amides is 1. The average Bonchev–Trinajstić information content (AvgIpc) is 2.35. The minimum atomic E-state index is -0.0923. The molecule has 0 unspecified atom stereocenters. The predicted octanol–water partition coefficient (Wildman–Crippen LogP) is 3.43. The SMILES string of the molecule is CC[C@H](Br)C(=O)N[C@H](CC)c1ccccc1. The second-order valence-electron chi connectivity index (χ2n) is 3.76. The maximum Gasteiger partial charge on any atom is 0.234 e. The molecule has 0 bridgehead atoms. The van der Waals surface area contributed by atoms with Gasteiger partial charge in [0.05, 0.1) is 10.9 Å². The van der Waals surface area contributed by atoms with Crippen LogP contribution in [0, 0.1) is 0 Å². The van der Waals surface area contributed by atoms with Crippen LogP contribution in [-0.4, -0.2) is 10.7 Å². The molecule has 2 nitrogen and oxygen atoms in total. The van der Waals surface area contributed by atoms with Crippen LogP contribution in [0.15, 0.2) is 30.3 Å². The van der Waals surface area contributed by atoms with Crippen molar-refractivity contribution in [3.05, 3.63) is 35.9 Å². The third kappa shape index (κ3) is 3.63. The van der Waals surface area contributed by atoms with Gasteiger partial charge in [0.1, 0.15) is 0 Å². The Morgan fingerprint density at radius 2 is 1.88 bits per heavy atom. The van der Waals surface area contributed by atoms with Crippen LogP contribution in [0.2, 0.25) is 0 Å². The van der Waals surface area contributed by atoms with Crippen LogP contribution in [-0.2, 0) is 4.79 Å². The first-order chi connectivity index (χ1) is 7.69. The molecule has 1 N–H and O–H groups in total. The van der Waals surface area contributed by atoms with Crippen molar-refractivity contribution in [2.24, 2.45) is 0 Å². The summed E-state index contributed by atoms with van der Waals surface area (Å²) in [4.78, 5) is 11.7. The summed E-state index contributed by atoms with van der Waals surface area (Å²) in [6.45, 7) is 4.07. The van der Waals surface area contributed by atoms with Gasteiger partial charge in [-0.2, -0.15) is 0 Å². The van der Waals surface area contributed by atoms with Crippen molar-refractivity contribution in [1.82, 2.24) is 5.32 Å². The second-order valence-corrected chi connectivity index (χ2v) is 4.86. The maximum atomic E-state index is 11.8. The van der Waals surface area contributed by atoms with E-state index < -0.39 is 0 Å². The lowest BCUT2D eigenvalue weighted by Crippen LogP contribution is -2.33. The fraction of sp³-hybridized carbons (Fsp3) is 0.462. The highest BCUT2D eigenvalue weighted by atomic mass is 79.9. The van der Waals surface area contributed by atoms with Gasteiger partial charge in [0, 0.05) is 0 Å². The van der Waals surface area contributed by atoms with Gasteiger partial charge in [-0.3, -0.25) is 4.79 Å². The summed E-state index contributed by atoms with van der Waals surface area (Å²) < 4.78 is 0. The van der Waals surface area contributed by atoms with Crippen LogP contribution >= 0.6 is 15.9 Å². The Morgan fingerprint density at radius 1 is 1.25 bits per heavy atom. The molecule has 0 aliphatic heterocycles. The van der Waals surface area contributed by atoms with Gasteiger partial charge in [-0.25, -0.2) is 0 Å². The van der Waals surface area contributed by atoms with Crippen LogP contribution in [0.3, 0.4) is 0 Å². The molecule has 0 aliphatic rings. The Kier molecular flexibility index (Phi) is 5.53. The van der Waals surface area contributed by atoms with Crippen molar-refractivity contribution in [3.8, 4) is 0 Å². The smallest absolute Gasteiger partial charge is 0.234 e. The van der Waals surface area contributed by atoms with E-state index in [0.29, 0.717) is 0 Å². The standard InChI is InChI=1S/C13H18BrNO/c1-3-11(14)13(16)15-12(4-2)10-8-6-5-7-9-10/h5-9,11-12H,3-4H2,1-2H3,(H,15,16)/t11-,12+/m0/s1. The molecule has 1 rings (SSSR count). The normalized spacial score (nSPS) is 14.2. The first-order valence-corrected chi connectivity index (χ1v) is 6.60. The topological polar surface area (TPSA) is 29.1 Å². The lowest BCUT2D eigenvalue weighted by molar-refractivity contribution is -0.121. The van der Waals surface area contributed by atoms with E-state index in [0.717, 1.165) is 18.4 Å². The second kappa shape index (κ2) is 6.69. The van der Waals surface area contributed by atoms with Gasteiger partial charge in [0.25, 0.3) is 0 Å². The third-order valence-corrected chi connectivity index (χ3v) is 3.63. The fourth-order valence-corrected chi connectivity index (χ4v) is 1.69. The van der Waals surface area contributed by atoms with E-state index in [2.05, 4.69) is 28.2 Å². The van der Waals surface area contributed by atoms with E-state index >= 15 is 0 Å². The molecule has 2 atom stereocenters. The Labute approximate surface area is 106 Å². The van der Waals surface area contributed by atoms with Crippen molar-refractivity contribution in [1.29, 1.82) is 0 Å². The number of rotatable bonds is 5. The third-order valence-electron chi connectivity index (χ3n) is 2.57. The molecule has 0 aromatic heterocycles. The molecule has 16 heavy (non-hydrogen) atoms. The summed E-state index contributed by atoms with van der Waals surface area (Å²) >= 11 is 3.36. The fourth-order valence-electron chi connectivity index (χ4n) is 1.55. The lowest BCUT2D eigenvalue weighted by atomic mass is 10.0. The summed E-state index contributed by atoms with van der Waals surface area (Å²) in [7, 11) is 0. The number of carbonyl (C=O) groups excluding carboxylic acids is 1. The Morgan fingerprint density at radius 3 is 2.38 bits per heavy atom. The number of hydrogen-bond acceptors (Lipinski definition) is 1. The highest BCUT2D eigenvalue weighted by Gasteiger charge is 2.17. The number of alkyl halides is 1. The van der Waals surface area contributed by atoms with Gasteiger partial charge in [0.2, 0.25) is 5.91 Å². The van der Waals surface area contributed by atoms with Gasteiger partial charge < -0.3 is 5.32 Å². The van der Waals surface area contributed by atoms with E-state index in [1.807, 2.05) is 37.3 Å². The quantitative estimate of drug-likeness (QED) is 0.825. The van der Waals surface area contributed by atoms with Crippen LogP contribution in [0.25, 0.3) is 0 Å². The molecule has 3 heteroatoms. The summed E-state index contributed by atoms with van der Waals surface area (Å²) in [5, 5.41) is 3.05. The molecular weight excluding hydrogens is 266 g/mol. The van der Waals surface area contributed by atoms with Crippen molar-refractivity contribution in [2.75, 3.05) is 0 Å². The van der Waals surface area contributed by atoms with E-state index in [9.17, 15) is 4.79 Å². The maximum absolute atomic E-state index is 11.8. The zero-order valence-electron chi connectivity index (χ0n) is 9.74. The lowest BCUT2D eigenvalue weighted by Gasteiger charge is -2.19. The average molecular weight is 284 g/mol. The first-order valence-electron chi connectivity index (χ1n) is 5.68. The van der Waals surface area contributed by atoms with Crippen LogP contribution in [0.5, 0.6) is 0 Å². The van der Waals surface area contributed by atoms with Gasteiger partial charge >= 0.3 is 0 Å². The highest BCUT2D eigenvalue weighted by Crippen LogP contribution is 2.17. The summed E-state index contributed by atoms with van der Waals surface area (Å²) in [5.74, 6) is 0.0678. The Balaban J connectivity index is 2.66. The minimum Gasteiger partial charge on any atom is -0.348 e. The molecule has 88 valence electrons. The van der Waals surface area contributed by atoms with E-state index in [1.54, 1.807) is 0 Å². The van der Waals surface area contributed by atoms with Crippen molar-refractivity contribution < 1.29 is 4.79 Å². The number of carbonyl (C=O) groups is 1. The zero-order valence-corrected chi connectivity index (χ0v) is 11.3. The summed E-state index contributed by atoms with van der Waals surface area (Å²) in [6.07, 6.45) is 1.70. The van der Waals surface area contributed by atoms with Crippen molar-refractivity contribution >= 4 is 21.8 Å². The number of hydrogen-bond donors (Lipinski definition) is 1. The molecule has 0 heterocycles. The van der Waals surface area contributed by atoms with Crippen molar-refractivity contribution in [3.63, 3.8) is 0 Å². The predicted molar refractivity (Wildman–Crippen MR) is 70.6 cm³/mol. The first kappa shape index (κ1) is 13.2. The number of halogens is 1. The molecule has 0 saturated carbocycles. The molecule has 0 aliphatic carbocycles. The molecule has 0 fully saturated rings. The van der Waals surface area contributed by atoms with E-state index in [-0.39, 0.29) is 16.8 Å². The summed E-state index contributed by atoms with van der Waals surface area (Å²) in [5.41, 5.74) is 1.16. The monoisotopic (exact) mass is 283 g/mol. The van der Waals surface area contributed by atoms with Crippen LogP contribution in [0.4, 0.5) is 0 Å². The largest absolute Gasteiger partial charge is 0.348 e. The molecule has 1 aromatic rings. The molecule has 0 radical (unpaired) electrons. The van der Waals surface area contributed by atoms with Gasteiger partial charge in [-0.15, -0.1) is 0 Å². The zero-order chi connectivity index (χ0) is 12.0. The molecule has 0 saturated heterocycles. The van der Waals surface area contributed by atoms with E-state index in [1.165, 1.54) is 0 Å². The Bertz CT molecular complexity index is 326. The van der Waals surface area contributed by atoms with Crippen LogP contribution < -0.4 is 5.32 Å². The molecular formula is C13H18BrNO. The number of nitrogens with one attached hydrogen (secondary N) is 1. The minimum absolute atomic E-state index is 0.0678. The van der Waals surface area contributed by atoms with Crippen LogP contribution in [0.1, 0.15) is 38.3 Å². The van der Waals surface area contributed by atoms with Gasteiger partial charge in [-0.1, -0.05) is 60.1 Å². The Hall–Kier alpha value is -0.830.